The third-order valence-electron chi connectivity index (χ3n) is 4.91. The SMILES string of the molecule is O=C(CN1CCC(NS(=O)(=O)c2ccccc2)CC1)NCCc1ccccc1. The first-order valence-electron chi connectivity index (χ1n) is 9.63. The van der Waals surface area contributed by atoms with Gasteiger partial charge < -0.3 is 5.32 Å². The van der Waals surface area contributed by atoms with Crippen LogP contribution in [0.25, 0.3) is 0 Å². The van der Waals surface area contributed by atoms with E-state index in [0.717, 1.165) is 6.42 Å². The molecule has 0 spiro atoms. The summed E-state index contributed by atoms with van der Waals surface area (Å²) in [7, 11) is -3.49. The zero-order valence-electron chi connectivity index (χ0n) is 15.9. The number of rotatable bonds is 8. The van der Waals surface area contributed by atoms with E-state index < -0.39 is 10.0 Å². The molecular formula is C21H27N3O3S. The van der Waals surface area contributed by atoms with Crippen molar-refractivity contribution in [3.8, 4) is 0 Å². The Hall–Kier alpha value is -2.22. The van der Waals surface area contributed by atoms with E-state index in [1.165, 1.54) is 5.56 Å². The summed E-state index contributed by atoms with van der Waals surface area (Å²) in [5, 5.41) is 2.96. The lowest BCUT2D eigenvalue weighted by Gasteiger charge is -2.31. The van der Waals surface area contributed by atoms with Crippen LogP contribution in [-0.4, -0.2) is 51.4 Å². The molecule has 0 aromatic heterocycles. The van der Waals surface area contributed by atoms with Gasteiger partial charge in [-0.15, -0.1) is 0 Å². The molecule has 1 saturated heterocycles. The lowest BCUT2D eigenvalue weighted by molar-refractivity contribution is -0.122. The summed E-state index contributed by atoms with van der Waals surface area (Å²) < 4.78 is 27.6. The van der Waals surface area contributed by atoms with Crippen LogP contribution in [0.2, 0.25) is 0 Å². The summed E-state index contributed by atoms with van der Waals surface area (Å²) in [6.07, 6.45) is 2.21. The van der Waals surface area contributed by atoms with Crippen molar-refractivity contribution in [2.75, 3.05) is 26.2 Å². The van der Waals surface area contributed by atoms with Crippen molar-refractivity contribution >= 4 is 15.9 Å². The van der Waals surface area contributed by atoms with Crippen LogP contribution in [0.3, 0.4) is 0 Å². The highest BCUT2D eigenvalue weighted by molar-refractivity contribution is 7.89. The molecule has 7 heteroatoms. The highest BCUT2D eigenvalue weighted by Gasteiger charge is 2.25. The van der Waals surface area contributed by atoms with Crippen molar-refractivity contribution in [2.24, 2.45) is 0 Å². The first-order chi connectivity index (χ1) is 13.5. The number of benzene rings is 2. The topological polar surface area (TPSA) is 78.5 Å². The van der Waals surface area contributed by atoms with Gasteiger partial charge in [0.2, 0.25) is 15.9 Å². The van der Waals surface area contributed by atoms with Crippen LogP contribution in [0.15, 0.2) is 65.6 Å². The molecule has 1 heterocycles. The minimum Gasteiger partial charge on any atom is -0.355 e. The normalized spacial score (nSPS) is 16.0. The van der Waals surface area contributed by atoms with Crippen LogP contribution in [0.5, 0.6) is 0 Å². The molecule has 1 amide bonds. The molecule has 2 aromatic carbocycles. The Kier molecular flexibility index (Phi) is 7.19. The van der Waals surface area contributed by atoms with Crippen molar-refractivity contribution < 1.29 is 13.2 Å². The van der Waals surface area contributed by atoms with Crippen molar-refractivity contribution in [1.29, 1.82) is 0 Å². The van der Waals surface area contributed by atoms with E-state index in [1.54, 1.807) is 30.3 Å². The van der Waals surface area contributed by atoms with Crippen LogP contribution < -0.4 is 10.0 Å². The van der Waals surface area contributed by atoms with Gasteiger partial charge in [-0.05, 0) is 37.0 Å². The lowest BCUT2D eigenvalue weighted by Crippen LogP contribution is -2.47. The predicted octanol–water partition coefficient (Wildman–Crippen LogP) is 1.79. The molecule has 0 aliphatic carbocycles. The lowest BCUT2D eigenvalue weighted by atomic mass is 10.1. The Morgan fingerprint density at radius 3 is 2.21 bits per heavy atom. The molecular weight excluding hydrogens is 374 g/mol. The predicted molar refractivity (Wildman–Crippen MR) is 109 cm³/mol. The van der Waals surface area contributed by atoms with Crippen LogP contribution in [0, 0.1) is 0 Å². The molecule has 0 atom stereocenters. The summed E-state index contributed by atoms with van der Waals surface area (Å²) in [4.78, 5) is 14.5. The molecule has 0 saturated carbocycles. The second kappa shape index (κ2) is 9.82. The Morgan fingerprint density at radius 1 is 0.964 bits per heavy atom. The molecule has 2 N–H and O–H groups in total. The maximum absolute atomic E-state index is 12.4. The van der Waals surface area contributed by atoms with Crippen molar-refractivity contribution in [1.82, 2.24) is 14.9 Å². The number of likely N-dealkylation sites (tertiary alicyclic amines) is 1. The molecule has 2 aromatic rings. The fourth-order valence-corrected chi connectivity index (χ4v) is 4.67. The van der Waals surface area contributed by atoms with Gasteiger partial charge in [0.1, 0.15) is 0 Å². The molecule has 1 aliphatic rings. The van der Waals surface area contributed by atoms with E-state index in [2.05, 4.69) is 14.9 Å². The van der Waals surface area contributed by atoms with E-state index >= 15 is 0 Å². The first kappa shape index (κ1) is 20.5. The van der Waals surface area contributed by atoms with Gasteiger partial charge in [0, 0.05) is 25.7 Å². The molecule has 1 fully saturated rings. The molecule has 0 radical (unpaired) electrons. The summed E-state index contributed by atoms with van der Waals surface area (Å²) in [6.45, 7) is 2.38. The molecule has 0 bridgehead atoms. The van der Waals surface area contributed by atoms with Crippen LogP contribution in [0.4, 0.5) is 0 Å². The number of nitrogens with zero attached hydrogens (tertiary/aromatic N) is 1. The summed E-state index contributed by atoms with van der Waals surface area (Å²) in [6, 6.07) is 18.4. The Balaban J connectivity index is 1.37. The second-order valence-electron chi connectivity index (χ2n) is 7.07. The highest BCUT2D eigenvalue weighted by Crippen LogP contribution is 2.14. The average Bonchev–Trinajstić information content (AvgIpc) is 2.71. The van der Waals surface area contributed by atoms with E-state index in [4.69, 9.17) is 0 Å². The number of nitrogens with one attached hydrogen (secondary N) is 2. The monoisotopic (exact) mass is 401 g/mol. The number of hydrogen-bond acceptors (Lipinski definition) is 4. The summed E-state index contributed by atoms with van der Waals surface area (Å²) >= 11 is 0. The standard InChI is InChI=1S/C21H27N3O3S/c25-21(22-14-11-18-7-3-1-4-8-18)17-24-15-12-19(13-16-24)23-28(26,27)20-9-5-2-6-10-20/h1-10,19,23H,11-17H2,(H,22,25). The first-order valence-corrected chi connectivity index (χ1v) is 11.1. The number of sulfonamides is 1. The molecule has 0 unspecified atom stereocenters. The smallest absolute Gasteiger partial charge is 0.240 e. The van der Waals surface area contributed by atoms with E-state index in [0.29, 0.717) is 39.0 Å². The van der Waals surface area contributed by atoms with Crippen molar-refractivity contribution in [3.63, 3.8) is 0 Å². The van der Waals surface area contributed by atoms with Gasteiger partial charge in [0.15, 0.2) is 0 Å². The van der Waals surface area contributed by atoms with Gasteiger partial charge >= 0.3 is 0 Å². The van der Waals surface area contributed by atoms with E-state index in [1.807, 2.05) is 30.3 Å². The minimum absolute atomic E-state index is 0.0132. The zero-order chi connectivity index (χ0) is 19.8. The summed E-state index contributed by atoms with van der Waals surface area (Å²) in [5.74, 6) is 0.0132. The Labute approximate surface area is 167 Å². The van der Waals surface area contributed by atoms with Gasteiger partial charge in [0.25, 0.3) is 0 Å². The van der Waals surface area contributed by atoms with Crippen LogP contribution >= 0.6 is 0 Å². The fourth-order valence-electron chi connectivity index (χ4n) is 3.35. The quantitative estimate of drug-likeness (QED) is 0.707. The molecule has 28 heavy (non-hydrogen) atoms. The van der Waals surface area contributed by atoms with Crippen LogP contribution in [0.1, 0.15) is 18.4 Å². The maximum Gasteiger partial charge on any atom is 0.240 e. The van der Waals surface area contributed by atoms with Gasteiger partial charge in [-0.2, -0.15) is 0 Å². The fraction of sp³-hybridized carbons (Fsp3) is 0.381. The third kappa shape index (κ3) is 6.15. The Bertz CT molecular complexity index is 849. The number of piperidine rings is 1. The van der Waals surface area contributed by atoms with Crippen molar-refractivity contribution in [3.05, 3.63) is 66.2 Å². The van der Waals surface area contributed by atoms with Gasteiger partial charge in [-0.1, -0.05) is 48.5 Å². The Morgan fingerprint density at radius 2 is 1.57 bits per heavy atom. The van der Waals surface area contributed by atoms with Crippen molar-refractivity contribution in [2.45, 2.75) is 30.2 Å². The minimum atomic E-state index is -3.49. The molecule has 6 nitrogen and oxygen atoms in total. The maximum atomic E-state index is 12.4. The van der Waals surface area contributed by atoms with E-state index in [9.17, 15) is 13.2 Å². The second-order valence-corrected chi connectivity index (χ2v) is 8.78. The number of carbonyl (C=O) groups is 1. The van der Waals surface area contributed by atoms with Crippen LogP contribution in [-0.2, 0) is 21.2 Å². The zero-order valence-corrected chi connectivity index (χ0v) is 16.7. The average molecular weight is 402 g/mol. The largest absolute Gasteiger partial charge is 0.355 e. The van der Waals surface area contributed by atoms with Gasteiger partial charge in [0.05, 0.1) is 11.4 Å². The van der Waals surface area contributed by atoms with Gasteiger partial charge in [-0.25, -0.2) is 13.1 Å². The molecule has 1 aliphatic heterocycles. The van der Waals surface area contributed by atoms with Gasteiger partial charge in [-0.3, -0.25) is 9.69 Å². The number of amides is 1. The number of carbonyl (C=O) groups excluding carboxylic acids is 1. The van der Waals surface area contributed by atoms with E-state index in [-0.39, 0.29) is 16.8 Å². The highest BCUT2D eigenvalue weighted by atomic mass is 32.2. The number of hydrogen-bond donors (Lipinski definition) is 2. The molecule has 3 rings (SSSR count). The third-order valence-corrected chi connectivity index (χ3v) is 6.45. The summed E-state index contributed by atoms with van der Waals surface area (Å²) in [5.41, 5.74) is 1.20. The molecule has 150 valence electrons.